The van der Waals surface area contributed by atoms with Crippen molar-refractivity contribution in [1.29, 1.82) is 0 Å². The second kappa shape index (κ2) is 10.4. The van der Waals surface area contributed by atoms with E-state index in [2.05, 4.69) is 21.0 Å². The number of amides is 2. The van der Waals surface area contributed by atoms with Gasteiger partial charge in [-0.05, 0) is 49.2 Å². The van der Waals surface area contributed by atoms with Gasteiger partial charge in [-0.25, -0.2) is 0 Å². The lowest BCUT2D eigenvalue weighted by molar-refractivity contribution is -0.140. The largest absolute Gasteiger partial charge is 0.476 e. The Labute approximate surface area is 190 Å². The van der Waals surface area contributed by atoms with Crippen molar-refractivity contribution < 1.29 is 23.9 Å². The van der Waals surface area contributed by atoms with Crippen LogP contribution in [0.4, 0.5) is 0 Å². The fraction of sp³-hybridized carbons (Fsp3) is 0.318. The highest BCUT2D eigenvalue weighted by atomic mass is 35.5. The number of nitrogens with zero attached hydrogens (tertiary/aromatic N) is 1. The van der Waals surface area contributed by atoms with Crippen molar-refractivity contribution in [2.24, 2.45) is 0 Å². The number of esters is 1. The van der Waals surface area contributed by atoms with Gasteiger partial charge in [0.15, 0.2) is 6.73 Å². The molecule has 0 saturated carbocycles. The Morgan fingerprint density at radius 1 is 1.25 bits per heavy atom. The van der Waals surface area contributed by atoms with Gasteiger partial charge >= 0.3 is 5.97 Å². The van der Waals surface area contributed by atoms with Crippen LogP contribution in [0.3, 0.4) is 0 Å². The molecule has 1 saturated heterocycles. The lowest BCUT2D eigenvalue weighted by atomic mass is 10.0. The summed E-state index contributed by atoms with van der Waals surface area (Å²) in [6, 6.07) is 10.2. The molecule has 170 valence electrons. The molecule has 32 heavy (non-hydrogen) atoms. The molecular formula is C22H25ClN4O5. The average Bonchev–Trinajstić information content (AvgIpc) is 3.11. The maximum Gasteiger partial charge on any atom is 0.307 e. The lowest BCUT2D eigenvalue weighted by Crippen LogP contribution is -2.41. The summed E-state index contributed by atoms with van der Waals surface area (Å²) in [5.74, 6) is -0.291. The molecule has 1 aliphatic rings. The minimum atomic E-state index is -0.395. The van der Waals surface area contributed by atoms with Crippen LogP contribution >= 0.6 is 11.6 Å². The number of methoxy groups -OCH3 is 1. The number of hydrogen-bond acceptors (Lipinski definition) is 7. The maximum absolute atomic E-state index is 12.5. The number of hydrazine groups is 2. The molecule has 2 aromatic carbocycles. The monoisotopic (exact) mass is 460 g/mol. The van der Waals surface area contributed by atoms with Crippen molar-refractivity contribution in [2.45, 2.75) is 26.3 Å². The van der Waals surface area contributed by atoms with Gasteiger partial charge in [0.2, 0.25) is 0 Å². The van der Waals surface area contributed by atoms with E-state index in [1.165, 1.54) is 7.11 Å². The van der Waals surface area contributed by atoms with E-state index in [9.17, 15) is 14.4 Å². The second-order valence-corrected chi connectivity index (χ2v) is 7.69. The van der Waals surface area contributed by atoms with Gasteiger partial charge in [-0.3, -0.25) is 19.8 Å². The van der Waals surface area contributed by atoms with Gasteiger partial charge in [0, 0.05) is 22.7 Å². The van der Waals surface area contributed by atoms with Crippen LogP contribution < -0.4 is 21.0 Å². The number of halogens is 1. The number of nitrogens with one attached hydrogen (secondary N) is 3. The zero-order chi connectivity index (χ0) is 23.3. The zero-order valence-corrected chi connectivity index (χ0v) is 18.8. The van der Waals surface area contributed by atoms with E-state index in [4.69, 9.17) is 16.3 Å². The second-order valence-electron chi connectivity index (χ2n) is 7.28. The Morgan fingerprint density at radius 2 is 2.03 bits per heavy atom. The summed E-state index contributed by atoms with van der Waals surface area (Å²) in [4.78, 5) is 35.4. The van der Waals surface area contributed by atoms with Crippen LogP contribution in [0, 0.1) is 6.92 Å². The molecule has 1 fully saturated rings. The topological polar surface area (TPSA) is 109 Å². The van der Waals surface area contributed by atoms with Crippen molar-refractivity contribution in [3.63, 3.8) is 0 Å². The summed E-state index contributed by atoms with van der Waals surface area (Å²) in [7, 11) is 1.30. The number of carbonyl (C=O) groups excluding carboxylic acids is 3. The SMILES string of the molecule is COC(=O)CCNC(=O)c1cccc(-c2cc(Cl)c(C)cc2OCN2NNC(=O)C2C)c1. The number of ether oxygens (including phenoxy) is 2. The number of carbonyl (C=O) groups is 3. The molecule has 10 heteroatoms. The van der Waals surface area contributed by atoms with Gasteiger partial charge in [0.1, 0.15) is 11.8 Å². The van der Waals surface area contributed by atoms with Crippen LogP contribution in [0.2, 0.25) is 5.02 Å². The highest BCUT2D eigenvalue weighted by molar-refractivity contribution is 6.31. The smallest absolute Gasteiger partial charge is 0.307 e. The molecule has 1 aliphatic heterocycles. The van der Waals surface area contributed by atoms with Gasteiger partial charge in [0.05, 0.1) is 13.5 Å². The van der Waals surface area contributed by atoms with Gasteiger partial charge in [-0.1, -0.05) is 23.7 Å². The van der Waals surface area contributed by atoms with Crippen molar-refractivity contribution in [3.05, 3.63) is 52.5 Å². The Morgan fingerprint density at radius 3 is 2.72 bits per heavy atom. The van der Waals surface area contributed by atoms with E-state index in [1.54, 1.807) is 36.2 Å². The van der Waals surface area contributed by atoms with E-state index in [1.807, 2.05) is 19.1 Å². The molecule has 0 spiro atoms. The number of aryl methyl sites for hydroxylation is 1. The molecule has 2 amide bonds. The molecule has 1 unspecified atom stereocenters. The summed E-state index contributed by atoms with van der Waals surface area (Å²) in [5, 5.41) is 4.88. The number of hydrogen-bond donors (Lipinski definition) is 3. The fourth-order valence-corrected chi connectivity index (χ4v) is 3.23. The summed E-state index contributed by atoms with van der Waals surface area (Å²) >= 11 is 6.36. The third-order valence-electron chi connectivity index (χ3n) is 5.07. The van der Waals surface area contributed by atoms with E-state index in [-0.39, 0.29) is 37.6 Å². The quantitative estimate of drug-likeness (QED) is 0.518. The van der Waals surface area contributed by atoms with Crippen molar-refractivity contribution in [3.8, 4) is 16.9 Å². The molecule has 1 heterocycles. The zero-order valence-electron chi connectivity index (χ0n) is 18.0. The van der Waals surface area contributed by atoms with Crippen LogP contribution in [0.1, 0.15) is 29.3 Å². The first-order chi connectivity index (χ1) is 15.3. The average molecular weight is 461 g/mol. The molecular weight excluding hydrogens is 436 g/mol. The van der Waals surface area contributed by atoms with Crippen LogP contribution in [0.15, 0.2) is 36.4 Å². The Bertz CT molecular complexity index is 1030. The summed E-state index contributed by atoms with van der Waals surface area (Å²) in [5.41, 5.74) is 8.00. The third kappa shape index (κ3) is 5.56. The van der Waals surface area contributed by atoms with E-state index < -0.39 is 5.97 Å². The molecule has 0 aliphatic carbocycles. The fourth-order valence-electron chi connectivity index (χ4n) is 3.06. The maximum atomic E-state index is 12.5. The highest BCUT2D eigenvalue weighted by Crippen LogP contribution is 2.35. The first-order valence-electron chi connectivity index (χ1n) is 10.0. The van der Waals surface area contributed by atoms with Gasteiger partial charge in [0.25, 0.3) is 11.8 Å². The number of rotatable bonds is 8. The van der Waals surface area contributed by atoms with Crippen molar-refractivity contribution >= 4 is 29.4 Å². The minimum Gasteiger partial charge on any atom is -0.476 e. The summed E-state index contributed by atoms with van der Waals surface area (Å²) in [6.45, 7) is 3.91. The Kier molecular flexibility index (Phi) is 7.68. The highest BCUT2D eigenvalue weighted by Gasteiger charge is 2.28. The van der Waals surface area contributed by atoms with Crippen molar-refractivity contribution in [1.82, 2.24) is 21.3 Å². The van der Waals surface area contributed by atoms with Gasteiger partial charge in [-0.15, -0.1) is 0 Å². The van der Waals surface area contributed by atoms with Gasteiger partial charge < -0.3 is 14.8 Å². The Hall–Kier alpha value is -3.14. The molecule has 3 rings (SSSR count). The van der Waals surface area contributed by atoms with Crippen LogP contribution in [-0.2, 0) is 14.3 Å². The Balaban J connectivity index is 1.80. The molecule has 2 aromatic rings. The first-order valence-corrected chi connectivity index (χ1v) is 10.4. The van der Waals surface area contributed by atoms with Crippen LogP contribution in [-0.4, -0.2) is 49.2 Å². The van der Waals surface area contributed by atoms with Gasteiger partial charge in [-0.2, -0.15) is 10.5 Å². The molecule has 0 radical (unpaired) electrons. The van der Waals surface area contributed by atoms with Crippen LogP contribution in [0.5, 0.6) is 5.75 Å². The molecule has 1 atom stereocenters. The van der Waals surface area contributed by atoms with Crippen LogP contribution in [0.25, 0.3) is 11.1 Å². The number of benzene rings is 2. The van der Waals surface area contributed by atoms with Crippen molar-refractivity contribution in [2.75, 3.05) is 20.4 Å². The first kappa shape index (κ1) is 23.5. The molecule has 0 aromatic heterocycles. The predicted molar refractivity (Wildman–Crippen MR) is 119 cm³/mol. The normalized spacial score (nSPS) is 15.9. The summed E-state index contributed by atoms with van der Waals surface area (Å²) < 4.78 is 10.6. The van der Waals surface area contributed by atoms with E-state index in [0.29, 0.717) is 21.9 Å². The third-order valence-corrected chi connectivity index (χ3v) is 5.47. The molecule has 9 nitrogen and oxygen atoms in total. The lowest BCUT2D eigenvalue weighted by Gasteiger charge is -2.20. The molecule has 3 N–H and O–H groups in total. The molecule has 0 bridgehead atoms. The summed E-state index contributed by atoms with van der Waals surface area (Å²) in [6.07, 6.45) is 0.0911. The van der Waals surface area contributed by atoms with E-state index in [0.717, 1.165) is 11.1 Å². The minimum absolute atomic E-state index is 0.0911. The predicted octanol–water partition coefficient (Wildman–Crippen LogP) is 2.18. The standard InChI is InChI=1S/C22H25ClN4O5/c1-13-9-19(32-12-27-14(2)21(29)25-26-27)17(11-18(13)23)15-5-4-6-16(10-15)22(30)24-8-7-20(28)31-3/h4-6,9-11,14,26H,7-8,12H2,1-3H3,(H,24,30)(H,25,29). The van der Waals surface area contributed by atoms with E-state index >= 15 is 0 Å².